The lowest BCUT2D eigenvalue weighted by atomic mass is 9.91. The Labute approximate surface area is 214 Å². The number of fused-ring (bicyclic) bond motifs is 5. The minimum atomic E-state index is -0.234. The van der Waals surface area contributed by atoms with Crippen LogP contribution in [-0.4, -0.2) is 4.98 Å². The summed E-state index contributed by atoms with van der Waals surface area (Å²) in [6.07, 6.45) is 5.92. The summed E-state index contributed by atoms with van der Waals surface area (Å²) in [6, 6.07) is 38.7. The molecule has 0 amide bonds. The molecule has 0 fully saturated rings. The van der Waals surface area contributed by atoms with Gasteiger partial charge in [0.25, 0.3) is 0 Å². The lowest BCUT2D eigenvalue weighted by Crippen LogP contribution is -1.94. The van der Waals surface area contributed by atoms with Gasteiger partial charge in [0, 0.05) is 22.5 Å². The van der Waals surface area contributed by atoms with Gasteiger partial charge in [0.1, 0.15) is 5.82 Å². The van der Waals surface area contributed by atoms with Crippen LogP contribution in [0.15, 0.2) is 121 Å². The van der Waals surface area contributed by atoms with Crippen molar-refractivity contribution in [3.05, 3.63) is 138 Å². The number of pyridine rings is 1. The maximum atomic E-state index is 15.4. The molecule has 2 heteroatoms. The minimum Gasteiger partial charge on any atom is -0.256 e. The van der Waals surface area contributed by atoms with Gasteiger partial charge in [-0.25, -0.2) is 4.39 Å². The number of benzene rings is 6. The second-order valence-electron chi connectivity index (χ2n) is 9.35. The Bertz CT molecular complexity index is 2000. The van der Waals surface area contributed by atoms with E-state index in [0.29, 0.717) is 5.39 Å². The molecule has 37 heavy (non-hydrogen) atoms. The molecule has 0 aliphatic rings. The standard InChI is InChI=1S/C35H22FN/c36-32-22-28(16-14-23-13-15-24-7-1-2-9-27(24)21-23)34(31-12-6-5-11-30(31)32)35-33-26(19-20-37-35)18-17-25-8-3-4-10-29(25)33/h1-22H/b16-14+. The van der Waals surface area contributed by atoms with Crippen LogP contribution in [-0.2, 0) is 0 Å². The van der Waals surface area contributed by atoms with Gasteiger partial charge in [-0.15, -0.1) is 0 Å². The third-order valence-corrected chi connectivity index (χ3v) is 7.15. The molecule has 0 radical (unpaired) electrons. The summed E-state index contributed by atoms with van der Waals surface area (Å²) in [5.41, 5.74) is 3.67. The summed E-state index contributed by atoms with van der Waals surface area (Å²) in [6.45, 7) is 0. The van der Waals surface area contributed by atoms with Gasteiger partial charge in [0.2, 0.25) is 0 Å². The Morgan fingerprint density at radius 1 is 0.541 bits per heavy atom. The van der Waals surface area contributed by atoms with E-state index in [0.717, 1.165) is 49.3 Å². The summed E-state index contributed by atoms with van der Waals surface area (Å²) in [4.78, 5) is 4.91. The molecule has 0 aliphatic heterocycles. The Morgan fingerprint density at radius 3 is 2.08 bits per heavy atom. The zero-order valence-electron chi connectivity index (χ0n) is 20.0. The van der Waals surface area contributed by atoms with Crippen molar-refractivity contribution < 1.29 is 4.39 Å². The van der Waals surface area contributed by atoms with Crippen LogP contribution in [0.3, 0.4) is 0 Å². The molecule has 0 spiro atoms. The Morgan fingerprint density at radius 2 is 1.22 bits per heavy atom. The molecule has 0 bridgehead atoms. The largest absolute Gasteiger partial charge is 0.256 e. The van der Waals surface area contributed by atoms with Gasteiger partial charge in [-0.2, -0.15) is 0 Å². The average molecular weight is 476 g/mol. The fourth-order valence-electron chi connectivity index (χ4n) is 5.38. The van der Waals surface area contributed by atoms with E-state index in [1.54, 1.807) is 6.07 Å². The van der Waals surface area contributed by atoms with E-state index in [2.05, 4.69) is 72.8 Å². The van der Waals surface area contributed by atoms with Gasteiger partial charge >= 0.3 is 0 Å². The van der Waals surface area contributed by atoms with E-state index in [-0.39, 0.29) is 5.82 Å². The zero-order chi connectivity index (χ0) is 24.8. The Kier molecular flexibility index (Phi) is 5.04. The predicted molar refractivity (Wildman–Crippen MR) is 155 cm³/mol. The fraction of sp³-hybridized carbons (Fsp3) is 0. The van der Waals surface area contributed by atoms with Crippen molar-refractivity contribution >= 4 is 55.2 Å². The summed E-state index contributed by atoms with van der Waals surface area (Å²) < 4.78 is 15.4. The number of nitrogens with zero attached hydrogens (tertiary/aromatic N) is 1. The highest BCUT2D eigenvalue weighted by Gasteiger charge is 2.17. The lowest BCUT2D eigenvalue weighted by molar-refractivity contribution is 0.639. The first-order valence-corrected chi connectivity index (χ1v) is 12.4. The van der Waals surface area contributed by atoms with Crippen LogP contribution in [0.4, 0.5) is 4.39 Å². The van der Waals surface area contributed by atoms with E-state index in [1.165, 1.54) is 10.8 Å². The molecule has 0 saturated heterocycles. The summed E-state index contributed by atoms with van der Waals surface area (Å²) in [7, 11) is 0. The summed E-state index contributed by atoms with van der Waals surface area (Å²) >= 11 is 0. The van der Waals surface area contributed by atoms with Crippen LogP contribution in [0.1, 0.15) is 11.1 Å². The van der Waals surface area contributed by atoms with E-state index in [4.69, 9.17) is 4.98 Å². The van der Waals surface area contributed by atoms with Crippen molar-refractivity contribution in [3.63, 3.8) is 0 Å². The smallest absolute Gasteiger partial charge is 0.131 e. The molecule has 0 aliphatic carbocycles. The summed E-state index contributed by atoms with van der Waals surface area (Å²) in [5, 5.41) is 8.32. The van der Waals surface area contributed by atoms with Crippen molar-refractivity contribution in [1.29, 1.82) is 0 Å². The van der Waals surface area contributed by atoms with Gasteiger partial charge < -0.3 is 0 Å². The van der Waals surface area contributed by atoms with E-state index in [1.807, 2.05) is 54.7 Å². The van der Waals surface area contributed by atoms with Crippen LogP contribution in [0.2, 0.25) is 0 Å². The predicted octanol–water partition coefficient (Wildman–Crippen LogP) is 9.67. The van der Waals surface area contributed by atoms with Crippen LogP contribution < -0.4 is 0 Å². The van der Waals surface area contributed by atoms with Crippen molar-refractivity contribution in [2.45, 2.75) is 0 Å². The lowest BCUT2D eigenvalue weighted by Gasteiger charge is -2.15. The minimum absolute atomic E-state index is 0.234. The third kappa shape index (κ3) is 3.66. The number of halogens is 1. The first kappa shape index (κ1) is 21.5. The molecule has 7 rings (SSSR count). The maximum Gasteiger partial charge on any atom is 0.131 e. The first-order valence-electron chi connectivity index (χ1n) is 12.4. The molecule has 7 aromatic rings. The highest BCUT2D eigenvalue weighted by atomic mass is 19.1. The first-order chi connectivity index (χ1) is 18.3. The van der Waals surface area contributed by atoms with Gasteiger partial charge in [-0.3, -0.25) is 4.98 Å². The Hall–Kier alpha value is -4.82. The van der Waals surface area contributed by atoms with Gasteiger partial charge in [-0.05, 0) is 61.6 Å². The fourth-order valence-corrected chi connectivity index (χ4v) is 5.38. The van der Waals surface area contributed by atoms with Crippen LogP contribution >= 0.6 is 0 Å². The monoisotopic (exact) mass is 475 g/mol. The highest BCUT2D eigenvalue weighted by molar-refractivity contribution is 6.16. The van der Waals surface area contributed by atoms with E-state index in [9.17, 15) is 0 Å². The topological polar surface area (TPSA) is 12.9 Å². The van der Waals surface area contributed by atoms with Gasteiger partial charge in [0.05, 0.1) is 5.69 Å². The highest BCUT2D eigenvalue weighted by Crippen LogP contribution is 2.39. The molecule has 1 heterocycles. The molecule has 0 saturated carbocycles. The molecule has 0 unspecified atom stereocenters. The van der Waals surface area contributed by atoms with Gasteiger partial charge in [-0.1, -0.05) is 109 Å². The van der Waals surface area contributed by atoms with Crippen LogP contribution in [0, 0.1) is 5.82 Å². The van der Waals surface area contributed by atoms with Gasteiger partial charge in [0.15, 0.2) is 0 Å². The SMILES string of the molecule is Fc1cc(/C=C/c2ccc3ccccc3c2)c(-c2nccc3ccc4ccccc4c23)c2ccccc12. The molecule has 174 valence electrons. The van der Waals surface area contributed by atoms with Crippen molar-refractivity contribution in [3.8, 4) is 11.3 Å². The molecular formula is C35H22FN. The molecular weight excluding hydrogens is 453 g/mol. The van der Waals surface area contributed by atoms with E-state index < -0.39 is 0 Å². The number of hydrogen-bond donors (Lipinski definition) is 0. The second-order valence-corrected chi connectivity index (χ2v) is 9.35. The molecule has 0 atom stereocenters. The number of hydrogen-bond acceptors (Lipinski definition) is 1. The van der Waals surface area contributed by atoms with Crippen molar-refractivity contribution in [2.75, 3.05) is 0 Å². The van der Waals surface area contributed by atoms with E-state index >= 15 is 4.39 Å². The molecule has 6 aromatic carbocycles. The normalized spacial score (nSPS) is 11.8. The van der Waals surface area contributed by atoms with Crippen molar-refractivity contribution in [2.24, 2.45) is 0 Å². The molecule has 1 aromatic heterocycles. The number of rotatable bonds is 3. The molecule has 0 N–H and O–H groups in total. The average Bonchev–Trinajstić information content (AvgIpc) is 2.96. The Balaban J connectivity index is 1.52. The second kappa shape index (κ2) is 8.69. The summed E-state index contributed by atoms with van der Waals surface area (Å²) in [5.74, 6) is -0.234. The van der Waals surface area contributed by atoms with Crippen molar-refractivity contribution in [1.82, 2.24) is 4.98 Å². The maximum absolute atomic E-state index is 15.4. The molecule has 1 nitrogen and oxygen atoms in total. The quantitative estimate of drug-likeness (QED) is 0.183. The van der Waals surface area contributed by atoms with Crippen LogP contribution in [0.25, 0.3) is 66.5 Å². The zero-order valence-corrected chi connectivity index (χ0v) is 20.0. The third-order valence-electron chi connectivity index (χ3n) is 7.15. The number of aromatic nitrogens is 1. The van der Waals surface area contributed by atoms with Crippen LogP contribution in [0.5, 0.6) is 0 Å².